The summed E-state index contributed by atoms with van der Waals surface area (Å²) in [6.45, 7) is 0. The molecule has 0 atom stereocenters. The lowest BCUT2D eigenvalue weighted by molar-refractivity contribution is 0.987. The Morgan fingerprint density at radius 3 is 3.22 bits per heavy atom. The molecule has 0 saturated heterocycles. The van der Waals surface area contributed by atoms with Crippen molar-refractivity contribution in [2.75, 3.05) is 0 Å². The van der Waals surface area contributed by atoms with E-state index < -0.39 is 0 Å². The third kappa shape index (κ3) is 0.579. The van der Waals surface area contributed by atoms with Gasteiger partial charge in [0.1, 0.15) is 11.4 Å². The van der Waals surface area contributed by atoms with Crippen LogP contribution in [0.2, 0.25) is 0 Å². The van der Waals surface area contributed by atoms with Crippen LogP contribution in [0.25, 0.3) is 0 Å². The molecule has 1 aromatic rings. The Kier molecular flexibility index (Phi) is 0.773. The Morgan fingerprint density at radius 2 is 2.33 bits per heavy atom. The van der Waals surface area contributed by atoms with Gasteiger partial charge < -0.3 is 0 Å². The molecule has 0 aliphatic carbocycles. The second-order valence-corrected chi connectivity index (χ2v) is 1.75. The van der Waals surface area contributed by atoms with E-state index in [1.165, 1.54) is 0 Å². The summed E-state index contributed by atoms with van der Waals surface area (Å²) in [6.07, 6.45) is 3.38. The van der Waals surface area contributed by atoms with Crippen LogP contribution >= 0.6 is 0 Å². The van der Waals surface area contributed by atoms with E-state index >= 15 is 0 Å². The molecule has 0 N–H and O–H groups in total. The zero-order valence-corrected chi connectivity index (χ0v) is 4.65. The number of hydrogen-bond donors (Lipinski definition) is 0. The molecule has 0 spiro atoms. The number of pyridine rings is 1. The van der Waals surface area contributed by atoms with Crippen molar-refractivity contribution in [2.45, 2.75) is 0 Å². The van der Waals surface area contributed by atoms with Gasteiger partial charge >= 0.3 is 0 Å². The van der Waals surface area contributed by atoms with E-state index in [1.807, 2.05) is 12.1 Å². The Bertz CT molecular complexity index is 254. The molecule has 0 aromatic carbocycles. The van der Waals surface area contributed by atoms with E-state index in [0.717, 1.165) is 11.4 Å². The Labute approximate surface area is 52.4 Å². The maximum Gasteiger partial charge on any atom is 0.113 e. The molecule has 2 rings (SSSR count). The molecule has 1 aromatic heterocycles. The van der Waals surface area contributed by atoms with Gasteiger partial charge in [-0.25, -0.2) is 0 Å². The summed E-state index contributed by atoms with van der Waals surface area (Å²) < 4.78 is 0. The van der Waals surface area contributed by atoms with Crippen LogP contribution in [-0.2, 0) is 0 Å². The molecule has 3 heteroatoms. The minimum atomic E-state index is 0.859. The summed E-state index contributed by atoms with van der Waals surface area (Å²) in [5.41, 5.74) is 5.52. The Morgan fingerprint density at radius 1 is 1.33 bits per heavy atom. The quantitative estimate of drug-likeness (QED) is 0.493. The number of rotatable bonds is 0. The molecular formula is C6H4N3. The fraction of sp³-hybridized carbons (Fsp3) is 0. The van der Waals surface area contributed by atoms with E-state index in [4.69, 9.17) is 0 Å². The van der Waals surface area contributed by atoms with Gasteiger partial charge in [0.2, 0.25) is 0 Å². The van der Waals surface area contributed by atoms with Gasteiger partial charge in [-0.1, -0.05) is 0 Å². The van der Waals surface area contributed by atoms with Crippen molar-refractivity contribution in [1.82, 2.24) is 10.4 Å². The van der Waals surface area contributed by atoms with Gasteiger partial charge in [-0.05, 0) is 12.1 Å². The Hall–Kier alpha value is -1.38. The molecule has 9 heavy (non-hydrogen) atoms. The second kappa shape index (κ2) is 1.55. The summed E-state index contributed by atoms with van der Waals surface area (Å²) >= 11 is 0. The SMILES string of the molecule is C1=N[N]c2cccnc21. The standard InChI is InChI=1S/C6H4N3/c1-2-5-6(7-3-1)4-8-9-5/h1-4H. The lowest BCUT2D eigenvalue weighted by Crippen LogP contribution is -1.83. The van der Waals surface area contributed by atoms with E-state index in [1.54, 1.807) is 12.4 Å². The van der Waals surface area contributed by atoms with Crippen molar-refractivity contribution in [3.05, 3.63) is 24.0 Å². The average Bonchev–Trinajstić information content (AvgIpc) is 2.33. The van der Waals surface area contributed by atoms with Gasteiger partial charge in [-0.3, -0.25) is 4.98 Å². The number of hydrogen-bond acceptors (Lipinski definition) is 2. The van der Waals surface area contributed by atoms with Gasteiger partial charge in [0.25, 0.3) is 0 Å². The topological polar surface area (TPSA) is 39.4 Å². The molecule has 1 aliphatic rings. The highest BCUT2D eigenvalue weighted by atomic mass is 15.3. The first-order valence-electron chi connectivity index (χ1n) is 2.66. The van der Waals surface area contributed by atoms with Gasteiger partial charge in [-0.15, -0.1) is 5.43 Å². The van der Waals surface area contributed by atoms with Crippen molar-refractivity contribution in [1.29, 1.82) is 0 Å². The highest BCUT2D eigenvalue weighted by molar-refractivity contribution is 5.86. The van der Waals surface area contributed by atoms with Gasteiger partial charge in [0.05, 0.1) is 6.21 Å². The van der Waals surface area contributed by atoms with Crippen LogP contribution in [0.5, 0.6) is 0 Å². The molecule has 0 saturated carbocycles. The summed E-state index contributed by atoms with van der Waals surface area (Å²) in [5.74, 6) is 0. The van der Waals surface area contributed by atoms with Crippen molar-refractivity contribution in [3.8, 4) is 0 Å². The molecule has 0 unspecified atom stereocenters. The fourth-order valence-electron chi connectivity index (χ4n) is 0.739. The first kappa shape index (κ1) is 4.49. The van der Waals surface area contributed by atoms with Gasteiger partial charge in [-0.2, -0.15) is 5.10 Å². The molecule has 2 heterocycles. The first-order valence-corrected chi connectivity index (χ1v) is 2.66. The van der Waals surface area contributed by atoms with E-state index in [0.29, 0.717) is 0 Å². The van der Waals surface area contributed by atoms with Crippen molar-refractivity contribution in [2.24, 2.45) is 5.10 Å². The van der Waals surface area contributed by atoms with Gasteiger partial charge in [0.15, 0.2) is 0 Å². The molecule has 0 fully saturated rings. The third-order valence-electron chi connectivity index (χ3n) is 1.16. The highest BCUT2D eigenvalue weighted by Crippen LogP contribution is 2.13. The van der Waals surface area contributed by atoms with Crippen LogP contribution in [0, 0.1) is 0 Å². The maximum absolute atomic E-state index is 4.02. The largest absolute Gasteiger partial charge is 0.253 e. The third-order valence-corrected chi connectivity index (χ3v) is 1.16. The lowest BCUT2D eigenvalue weighted by atomic mass is 10.3. The van der Waals surface area contributed by atoms with E-state index in [9.17, 15) is 0 Å². The summed E-state index contributed by atoms with van der Waals surface area (Å²) in [4.78, 5) is 4.02. The molecule has 1 radical (unpaired) electrons. The average molecular weight is 118 g/mol. The molecule has 43 valence electrons. The molecule has 3 nitrogen and oxygen atoms in total. The fourth-order valence-corrected chi connectivity index (χ4v) is 0.739. The molecule has 1 aliphatic heterocycles. The van der Waals surface area contributed by atoms with Crippen LogP contribution in [0.3, 0.4) is 0 Å². The normalized spacial score (nSPS) is 12.9. The number of nitrogens with zero attached hydrogens (tertiary/aromatic N) is 3. The van der Waals surface area contributed by atoms with Crippen molar-refractivity contribution in [3.63, 3.8) is 0 Å². The molecular weight excluding hydrogens is 114 g/mol. The van der Waals surface area contributed by atoms with Crippen LogP contribution in [0.15, 0.2) is 23.4 Å². The van der Waals surface area contributed by atoms with Crippen LogP contribution in [0.1, 0.15) is 5.69 Å². The van der Waals surface area contributed by atoms with E-state index in [2.05, 4.69) is 15.5 Å². The maximum atomic E-state index is 4.02. The number of fused-ring (bicyclic) bond motifs is 1. The smallest absolute Gasteiger partial charge is 0.113 e. The second-order valence-electron chi connectivity index (χ2n) is 1.75. The minimum absolute atomic E-state index is 0.859. The van der Waals surface area contributed by atoms with Gasteiger partial charge in [0, 0.05) is 6.20 Å². The van der Waals surface area contributed by atoms with Crippen LogP contribution in [-0.4, -0.2) is 11.2 Å². The summed E-state index contributed by atoms with van der Waals surface area (Å²) in [7, 11) is 0. The molecule has 0 amide bonds. The predicted octanol–water partition coefficient (Wildman–Crippen LogP) is 0.665. The summed E-state index contributed by atoms with van der Waals surface area (Å²) in [6, 6.07) is 3.73. The molecule has 0 bridgehead atoms. The highest BCUT2D eigenvalue weighted by Gasteiger charge is 2.05. The van der Waals surface area contributed by atoms with Crippen molar-refractivity contribution < 1.29 is 0 Å². The van der Waals surface area contributed by atoms with Crippen molar-refractivity contribution >= 4 is 11.9 Å². The van der Waals surface area contributed by atoms with Crippen LogP contribution in [0.4, 0.5) is 5.69 Å². The lowest BCUT2D eigenvalue weighted by Gasteiger charge is -1.88. The summed E-state index contributed by atoms with van der Waals surface area (Å²) in [5, 5.41) is 3.69. The zero-order valence-electron chi connectivity index (χ0n) is 4.65. The zero-order chi connectivity index (χ0) is 6.10. The monoisotopic (exact) mass is 118 g/mol. The number of aromatic nitrogens is 1. The predicted molar refractivity (Wildman–Crippen MR) is 33.6 cm³/mol. The minimum Gasteiger partial charge on any atom is -0.253 e. The van der Waals surface area contributed by atoms with E-state index in [-0.39, 0.29) is 0 Å². The van der Waals surface area contributed by atoms with Crippen LogP contribution < -0.4 is 5.43 Å². The Balaban J connectivity index is 2.63. The first-order chi connectivity index (χ1) is 4.47.